The second-order valence-electron chi connectivity index (χ2n) is 6.77. The molecule has 0 aliphatic rings. The molecule has 4 aromatic rings. The first-order valence-electron chi connectivity index (χ1n) is 9.23. The van der Waals surface area contributed by atoms with Gasteiger partial charge in [0.1, 0.15) is 0 Å². The van der Waals surface area contributed by atoms with Crippen molar-refractivity contribution in [2.45, 2.75) is 0 Å². The van der Waals surface area contributed by atoms with Gasteiger partial charge in [-0.2, -0.15) is 0 Å². The van der Waals surface area contributed by atoms with Crippen LogP contribution in [0.5, 0.6) is 0 Å². The van der Waals surface area contributed by atoms with Gasteiger partial charge in [-0.1, -0.05) is 60.4 Å². The number of fused-ring (bicyclic) bond motifs is 1. The molecule has 0 aromatic heterocycles. The lowest BCUT2D eigenvalue weighted by molar-refractivity contribution is 0.0696. The van der Waals surface area contributed by atoms with Crippen LogP contribution in [-0.2, 0) is 0 Å². The third kappa shape index (κ3) is 3.91. The minimum atomic E-state index is -1.18. The number of carboxylic acids is 2. The van der Waals surface area contributed by atoms with Crippen LogP contribution in [0.25, 0.3) is 21.9 Å². The van der Waals surface area contributed by atoms with Gasteiger partial charge >= 0.3 is 11.9 Å². The van der Waals surface area contributed by atoms with E-state index in [2.05, 4.69) is 11.8 Å². The monoisotopic (exact) mass is 392 g/mol. The summed E-state index contributed by atoms with van der Waals surface area (Å²) in [5.41, 5.74) is 2.55. The first-order chi connectivity index (χ1) is 14.5. The van der Waals surface area contributed by atoms with Crippen LogP contribution in [0.3, 0.4) is 0 Å². The summed E-state index contributed by atoms with van der Waals surface area (Å²) >= 11 is 0. The minimum Gasteiger partial charge on any atom is -0.478 e. The Morgan fingerprint density at radius 2 is 1.27 bits per heavy atom. The van der Waals surface area contributed by atoms with Crippen LogP contribution in [-0.4, -0.2) is 22.2 Å². The van der Waals surface area contributed by atoms with Gasteiger partial charge < -0.3 is 10.2 Å². The highest BCUT2D eigenvalue weighted by Crippen LogP contribution is 2.26. The van der Waals surface area contributed by atoms with Crippen LogP contribution in [0.1, 0.15) is 31.8 Å². The maximum atomic E-state index is 11.4. The Bertz CT molecular complexity index is 1320. The van der Waals surface area contributed by atoms with E-state index >= 15 is 0 Å². The Morgan fingerprint density at radius 3 is 1.97 bits per heavy atom. The van der Waals surface area contributed by atoms with Gasteiger partial charge in [-0.15, -0.1) is 0 Å². The van der Waals surface area contributed by atoms with Crippen molar-refractivity contribution in [2.24, 2.45) is 0 Å². The van der Waals surface area contributed by atoms with E-state index in [-0.39, 0.29) is 11.1 Å². The Hall–Kier alpha value is -4.36. The van der Waals surface area contributed by atoms with Gasteiger partial charge in [-0.05, 0) is 58.3 Å². The molecule has 0 aliphatic carbocycles. The van der Waals surface area contributed by atoms with Gasteiger partial charge in [0.15, 0.2) is 0 Å². The molecule has 0 atom stereocenters. The molecule has 0 radical (unpaired) electrons. The van der Waals surface area contributed by atoms with Gasteiger partial charge in [0.25, 0.3) is 0 Å². The number of benzene rings is 4. The average Bonchev–Trinajstić information content (AvgIpc) is 2.77. The van der Waals surface area contributed by atoms with E-state index in [9.17, 15) is 19.8 Å². The SMILES string of the molecule is O=C(O)c1cc(C(=O)O)cc(-c2ccccc2C#Cc2ccc3ccccc3c2)c1. The zero-order valence-electron chi connectivity index (χ0n) is 15.8. The molecule has 4 rings (SSSR count). The van der Waals surface area contributed by atoms with Crippen LogP contribution in [0.15, 0.2) is 84.9 Å². The number of hydrogen-bond acceptors (Lipinski definition) is 2. The van der Waals surface area contributed by atoms with E-state index in [0.717, 1.165) is 22.4 Å². The molecule has 0 saturated carbocycles. The Balaban J connectivity index is 1.80. The van der Waals surface area contributed by atoms with Crippen LogP contribution in [0.2, 0.25) is 0 Å². The lowest BCUT2D eigenvalue weighted by atomic mass is 9.96. The summed E-state index contributed by atoms with van der Waals surface area (Å²) in [5, 5.41) is 20.9. The molecule has 0 bridgehead atoms. The fourth-order valence-corrected chi connectivity index (χ4v) is 3.28. The number of aromatic carboxylic acids is 2. The smallest absolute Gasteiger partial charge is 0.335 e. The summed E-state index contributed by atoms with van der Waals surface area (Å²) in [7, 11) is 0. The van der Waals surface area contributed by atoms with Crippen LogP contribution < -0.4 is 0 Å². The molecule has 30 heavy (non-hydrogen) atoms. The number of hydrogen-bond donors (Lipinski definition) is 2. The van der Waals surface area contributed by atoms with Gasteiger partial charge in [-0.3, -0.25) is 0 Å². The van der Waals surface area contributed by atoms with Crippen molar-refractivity contribution in [3.8, 4) is 23.0 Å². The molecular formula is C26H16O4. The molecule has 0 heterocycles. The lowest BCUT2D eigenvalue weighted by Crippen LogP contribution is -2.03. The van der Waals surface area contributed by atoms with Crippen molar-refractivity contribution < 1.29 is 19.8 Å². The zero-order chi connectivity index (χ0) is 21.1. The van der Waals surface area contributed by atoms with Crippen LogP contribution >= 0.6 is 0 Å². The maximum absolute atomic E-state index is 11.4. The number of carboxylic acid groups (broad SMARTS) is 2. The molecule has 0 saturated heterocycles. The molecule has 4 aromatic carbocycles. The highest BCUT2D eigenvalue weighted by Gasteiger charge is 2.13. The fourth-order valence-electron chi connectivity index (χ4n) is 3.28. The Kier molecular flexibility index (Phi) is 5.02. The van der Waals surface area contributed by atoms with Crippen molar-refractivity contribution >= 4 is 22.7 Å². The van der Waals surface area contributed by atoms with E-state index in [1.165, 1.54) is 12.1 Å². The van der Waals surface area contributed by atoms with Crippen LogP contribution in [0.4, 0.5) is 0 Å². The van der Waals surface area contributed by atoms with Gasteiger partial charge in [0.05, 0.1) is 11.1 Å². The van der Waals surface area contributed by atoms with Crippen molar-refractivity contribution in [1.82, 2.24) is 0 Å². The first-order valence-corrected chi connectivity index (χ1v) is 9.23. The number of rotatable bonds is 3. The summed E-state index contributed by atoms with van der Waals surface area (Å²) in [4.78, 5) is 22.9. The summed E-state index contributed by atoms with van der Waals surface area (Å²) in [6, 6.07) is 25.4. The topological polar surface area (TPSA) is 74.6 Å². The molecule has 0 spiro atoms. The standard InChI is InChI=1S/C26H16O4/c27-25(28)22-14-21(15-23(16-22)26(29)30)24-8-4-3-6-19(24)12-10-17-9-11-18-5-1-2-7-20(18)13-17/h1-9,11,13-16H,(H,27,28)(H,29,30). The van der Waals surface area contributed by atoms with Crippen molar-refractivity contribution in [3.05, 3.63) is 107 Å². The molecule has 0 aliphatic heterocycles. The number of carbonyl (C=O) groups is 2. The van der Waals surface area contributed by atoms with Crippen molar-refractivity contribution in [1.29, 1.82) is 0 Å². The molecule has 144 valence electrons. The average molecular weight is 392 g/mol. The predicted molar refractivity (Wildman–Crippen MR) is 116 cm³/mol. The first kappa shape index (κ1) is 19.0. The Morgan fingerprint density at radius 1 is 0.633 bits per heavy atom. The molecule has 2 N–H and O–H groups in total. The molecule has 4 heteroatoms. The summed E-state index contributed by atoms with van der Waals surface area (Å²) in [5.74, 6) is 3.94. The summed E-state index contributed by atoms with van der Waals surface area (Å²) in [6.45, 7) is 0. The minimum absolute atomic E-state index is 0.0813. The van der Waals surface area contributed by atoms with Crippen molar-refractivity contribution in [2.75, 3.05) is 0 Å². The third-order valence-corrected chi connectivity index (χ3v) is 4.76. The van der Waals surface area contributed by atoms with E-state index in [0.29, 0.717) is 16.7 Å². The van der Waals surface area contributed by atoms with E-state index in [1.54, 1.807) is 6.07 Å². The van der Waals surface area contributed by atoms with E-state index in [1.807, 2.05) is 60.7 Å². The summed E-state index contributed by atoms with van der Waals surface area (Å²) < 4.78 is 0. The fraction of sp³-hybridized carbons (Fsp3) is 0. The van der Waals surface area contributed by atoms with Crippen molar-refractivity contribution in [3.63, 3.8) is 0 Å². The molecule has 4 nitrogen and oxygen atoms in total. The molecule has 0 unspecified atom stereocenters. The Labute approximate surface area is 173 Å². The normalized spacial score (nSPS) is 10.3. The maximum Gasteiger partial charge on any atom is 0.335 e. The quantitative estimate of drug-likeness (QED) is 0.464. The van der Waals surface area contributed by atoms with Gasteiger partial charge in [-0.25, -0.2) is 9.59 Å². The molecular weight excluding hydrogens is 376 g/mol. The van der Waals surface area contributed by atoms with Crippen LogP contribution in [0, 0.1) is 11.8 Å². The van der Waals surface area contributed by atoms with E-state index < -0.39 is 11.9 Å². The second kappa shape index (κ2) is 7.94. The predicted octanol–water partition coefficient (Wildman–Crippen LogP) is 5.30. The van der Waals surface area contributed by atoms with E-state index in [4.69, 9.17) is 0 Å². The third-order valence-electron chi connectivity index (χ3n) is 4.76. The zero-order valence-corrected chi connectivity index (χ0v) is 15.8. The summed E-state index contributed by atoms with van der Waals surface area (Å²) in [6.07, 6.45) is 0. The van der Waals surface area contributed by atoms with Gasteiger partial charge in [0.2, 0.25) is 0 Å². The largest absolute Gasteiger partial charge is 0.478 e. The molecule has 0 fully saturated rings. The highest BCUT2D eigenvalue weighted by atomic mass is 16.4. The highest BCUT2D eigenvalue weighted by molar-refractivity contribution is 5.96. The molecule has 0 amide bonds. The van der Waals surface area contributed by atoms with Gasteiger partial charge in [0, 0.05) is 11.1 Å². The second-order valence-corrected chi connectivity index (χ2v) is 6.77. The lowest BCUT2D eigenvalue weighted by Gasteiger charge is -2.08.